The Morgan fingerprint density at radius 1 is 1.08 bits per heavy atom. The van der Waals surface area contributed by atoms with E-state index in [2.05, 4.69) is 15.5 Å². The second kappa shape index (κ2) is 5.61. The molecule has 2 heterocycles. The molecule has 128 valence electrons. The number of halogens is 3. The van der Waals surface area contributed by atoms with Gasteiger partial charge in [-0.25, -0.2) is 0 Å². The lowest BCUT2D eigenvalue weighted by Gasteiger charge is -2.15. The lowest BCUT2D eigenvalue weighted by molar-refractivity contribution is -0.137. The van der Waals surface area contributed by atoms with Crippen molar-refractivity contribution >= 4 is 5.69 Å². The van der Waals surface area contributed by atoms with E-state index in [4.69, 9.17) is 0 Å². The molecule has 1 aliphatic rings. The van der Waals surface area contributed by atoms with E-state index < -0.39 is 11.7 Å². The number of hydrogen-bond acceptors (Lipinski definition) is 3. The fraction of sp³-hybridized carbons (Fsp3) is 0.222. The average molecular weight is 344 g/mol. The summed E-state index contributed by atoms with van der Waals surface area (Å²) in [5.74, 6) is 1.18. The molecule has 0 saturated heterocycles. The van der Waals surface area contributed by atoms with E-state index in [9.17, 15) is 13.2 Å². The molecule has 4 nitrogen and oxygen atoms in total. The van der Waals surface area contributed by atoms with Crippen molar-refractivity contribution in [3.63, 3.8) is 0 Å². The summed E-state index contributed by atoms with van der Waals surface area (Å²) in [7, 11) is 0. The number of fused-ring (bicyclic) bond motifs is 3. The molecular weight excluding hydrogens is 329 g/mol. The highest BCUT2D eigenvalue weighted by molar-refractivity contribution is 5.69. The van der Waals surface area contributed by atoms with Gasteiger partial charge in [0.05, 0.1) is 16.9 Å². The van der Waals surface area contributed by atoms with E-state index in [0.717, 1.165) is 17.7 Å². The molecule has 1 atom stereocenters. The van der Waals surface area contributed by atoms with Crippen molar-refractivity contribution in [3.8, 4) is 17.1 Å². The molecule has 1 aliphatic heterocycles. The van der Waals surface area contributed by atoms with Gasteiger partial charge >= 0.3 is 6.18 Å². The SMILES string of the molecule is C[C@H]1CNc2ccc(C(F)(F)F)cc2-n2c(-c3ccccc3)nnc21. The Labute approximate surface area is 142 Å². The normalized spacial score (nSPS) is 16.6. The highest BCUT2D eigenvalue weighted by Gasteiger charge is 2.33. The van der Waals surface area contributed by atoms with Crippen LogP contribution in [0.5, 0.6) is 0 Å². The fourth-order valence-electron chi connectivity index (χ4n) is 3.02. The van der Waals surface area contributed by atoms with Crippen LogP contribution in [0.1, 0.15) is 24.2 Å². The maximum absolute atomic E-state index is 13.2. The summed E-state index contributed by atoms with van der Waals surface area (Å²) in [4.78, 5) is 0. The molecule has 0 aliphatic carbocycles. The van der Waals surface area contributed by atoms with E-state index in [1.165, 1.54) is 6.07 Å². The third-order valence-electron chi connectivity index (χ3n) is 4.33. The predicted molar refractivity (Wildman–Crippen MR) is 88.7 cm³/mol. The summed E-state index contributed by atoms with van der Waals surface area (Å²) in [5, 5.41) is 11.7. The molecule has 0 amide bonds. The van der Waals surface area contributed by atoms with Crippen molar-refractivity contribution in [2.24, 2.45) is 0 Å². The molecule has 2 aromatic carbocycles. The van der Waals surface area contributed by atoms with Crippen molar-refractivity contribution in [2.45, 2.75) is 19.0 Å². The second-order valence-electron chi connectivity index (χ2n) is 6.09. The first-order valence-electron chi connectivity index (χ1n) is 7.91. The number of hydrogen-bond donors (Lipinski definition) is 1. The first kappa shape index (κ1) is 15.7. The van der Waals surface area contributed by atoms with E-state index in [-0.39, 0.29) is 5.92 Å². The number of rotatable bonds is 1. The van der Waals surface area contributed by atoms with Gasteiger partial charge in [0.1, 0.15) is 5.82 Å². The van der Waals surface area contributed by atoms with E-state index >= 15 is 0 Å². The maximum atomic E-state index is 13.2. The molecule has 1 N–H and O–H groups in total. The standard InChI is InChI=1S/C18H15F3N4/c1-11-10-22-14-8-7-13(18(19,20)21)9-15(14)25-16(11)23-24-17(25)12-5-3-2-4-6-12/h2-9,11,22H,10H2,1H3/t11-/m0/s1. The Kier molecular flexibility index (Phi) is 3.52. The van der Waals surface area contributed by atoms with Crippen LogP contribution in [0.4, 0.5) is 18.9 Å². The van der Waals surface area contributed by atoms with E-state index in [1.807, 2.05) is 37.3 Å². The van der Waals surface area contributed by atoms with Gasteiger partial charge < -0.3 is 5.32 Å². The monoisotopic (exact) mass is 344 g/mol. The zero-order valence-corrected chi connectivity index (χ0v) is 13.4. The van der Waals surface area contributed by atoms with Crippen LogP contribution in [-0.2, 0) is 6.18 Å². The minimum atomic E-state index is -4.41. The number of benzene rings is 2. The van der Waals surface area contributed by atoms with Crippen LogP contribution in [-0.4, -0.2) is 21.3 Å². The summed E-state index contributed by atoms with van der Waals surface area (Å²) in [6.07, 6.45) is -4.41. The number of anilines is 1. The molecule has 0 unspecified atom stereocenters. The molecular formula is C18H15F3N4. The largest absolute Gasteiger partial charge is 0.416 e. The smallest absolute Gasteiger partial charge is 0.383 e. The van der Waals surface area contributed by atoms with Crippen molar-refractivity contribution in [1.29, 1.82) is 0 Å². The summed E-state index contributed by atoms with van der Waals surface area (Å²) in [5.41, 5.74) is 1.16. The highest BCUT2D eigenvalue weighted by atomic mass is 19.4. The van der Waals surface area contributed by atoms with Gasteiger partial charge in [0.2, 0.25) is 0 Å². The van der Waals surface area contributed by atoms with E-state index in [1.54, 1.807) is 4.57 Å². The molecule has 4 rings (SSSR count). The van der Waals surface area contributed by atoms with Crippen LogP contribution in [0.3, 0.4) is 0 Å². The maximum Gasteiger partial charge on any atom is 0.416 e. The summed E-state index contributed by atoms with van der Waals surface area (Å²) in [6.45, 7) is 2.55. The Morgan fingerprint density at radius 2 is 1.84 bits per heavy atom. The number of nitrogens with one attached hydrogen (secondary N) is 1. The first-order valence-corrected chi connectivity index (χ1v) is 7.91. The van der Waals surface area contributed by atoms with Crippen LogP contribution >= 0.6 is 0 Å². The zero-order valence-electron chi connectivity index (χ0n) is 13.4. The van der Waals surface area contributed by atoms with Gasteiger partial charge in [-0.05, 0) is 18.2 Å². The van der Waals surface area contributed by atoms with Crippen LogP contribution in [0.15, 0.2) is 48.5 Å². The molecule has 0 fully saturated rings. The fourth-order valence-corrected chi connectivity index (χ4v) is 3.02. The third kappa shape index (κ3) is 2.65. The van der Waals surface area contributed by atoms with Crippen LogP contribution < -0.4 is 5.32 Å². The van der Waals surface area contributed by atoms with Crippen molar-refractivity contribution < 1.29 is 13.2 Å². The van der Waals surface area contributed by atoms with Gasteiger partial charge in [-0.2, -0.15) is 13.2 Å². The Bertz CT molecular complexity index is 916. The van der Waals surface area contributed by atoms with Crippen LogP contribution in [0, 0.1) is 0 Å². The molecule has 0 radical (unpaired) electrons. The lowest BCUT2D eigenvalue weighted by atomic mass is 10.1. The highest BCUT2D eigenvalue weighted by Crippen LogP contribution is 2.37. The quantitative estimate of drug-likeness (QED) is 0.708. The molecule has 0 saturated carbocycles. The molecule has 25 heavy (non-hydrogen) atoms. The second-order valence-corrected chi connectivity index (χ2v) is 6.09. The van der Waals surface area contributed by atoms with Crippen LogP contribution in [0.25, 0.3) is 17.1 Å². The zero-order chi connectivity index (χ0) is 17.6. The Morgan fingerprint density at radius 3 is 2.56 bits per heavy atom. The Balaban J connectivity index is 1.99. The predicted octanol–water partition coefficient (Wildman–Crippen LogP) is 4.48. The average Bonchev–Trinajstić information content (AvgIpc) is 2.99. The molecule has 0 spiro atoms. The first-order chi connectivity index (χ1) is 11.9. The van der Waals surface area contributed by atoms with Gasteiger partial charge in [-0.15, -0.1) is 10.2 Å². The van der Waals surface area contributed by atoms with Gasteiger partial charge in [0.15, 0.2) is 5.82 Å². The minimum Gasteiger partial charge on any atom is -0.383 e. The van der Waals surface area contributed by atoms with Gasteiger partial charge in [0, 0.05) is 18.0 Å². The minimum absolute atomic E-state index is 0.00620. The Hall–Kier alpha value is -2.83. The molecule has 0 bridgehead atoms. The summed E-state index contributed by atoms with van der Waals surface area (Å²) in [6, 6.07) is 13.1. The van der Waals surface area contributed by atoms with E-state index in [0.29, 0.717) is 29.6 Å². The molecule has 3 aromatic rings. The summed E-state index contributed by atoms with van der Waals surface area (Å²) >= 11 is 0. The third-order valence-corrected chi connectivity index (χ3v) is 4.33. The number of aromatic nitrogens is 3. The van der Waals surface area contributed by atoms with Gasteiger partial charge in [-0.3, -0.25) is 4.57 Å². The van der Waals surface area contributed by atoms with Crippen LogP contribution in [0.2, 0.25) is 0 Å². The summed E-state index contributed by atoms with van der Waals surface area (Å²) < 4.78 is 41.3. The molecule has 1 aromatic heterocycles. The number of nitrogens with zero attached hydrogens (tertiary/aromatic N) is 3. The van der Waals surface area contributed by atoms with Crippen molar-refractivity contribution in [1.82, 2.24) is 14.8 Å². The van der Waals surface area contributed by atoms with Gasteiger partial charge in [-0.1, -0.05) is 37.3 Å². The number of alkyl halides is 3. The lowest BCUT2D eigenvalue weighted by Crippen LogP contribution is -2.09. The topological polar surface area (TPSA) is 42.7 Å². The van der Waals surface area contributed by atoms with Gasteiger partial charge in [0.25, 0.3) is 0 Å². The molecule has 7 heteroatoms. The van der Waals surface area contributed by atoms with Crippen molar-refractivity contribution in [2.75, 3.05) is 11.9 Å². The van der Waals surface area contributed by atoms with Crippen molar-refractivity contribution in [3.05, 3.63) is 59.9 Å².